The Morgan fingerprint density at radius 2 is 1.46 bits per heavy atom. The Balaban J connectivity index is 1.84. The van der Waals surface area contributed by atoms with Crippen molar-refractivity contribution >= 4 is 17.9 Å². The summed E-state index contributed by atoms with van der Waals surface area (Å²) in [5, 5.41) is 0. The average molecular weight is 326 g/mol. The van der Waals surface area contributed by atoms with E-state index in [1.807, 2.05) is 6.92 Å². The Kier molecular flexibility index (Phi) is 5.84. The van der Waals surface area contributed by atoms with Crippen molar-refractivity contribution in [3.05, 3.63) is 71.3 Å². The summed E-state index contributed by atoms with van der Waals surface area (Å²) in [7, 11) is 0. The summed E-state index contributed by atoms with van der Waals surface area (Å²) in [5.74, 6) is -2.73. The number of benzene rings is 2. The van der Waals surface area contributed by atoms with Gasteiger partial charge in [-0.2, -0.15) is 0 Å². The standard InChI is InChI=1S/C19H18O5/c1-13-8-10-16(11-9-13)18(21)23-12-14(2)17(20)24-19(22)15-6-4-3-5-7-15/h3-11,14H,12H2,1-2H3. The Morgan fingerprint density at radius 1 is 0.875 bits per heavy atom. The maximum absolute atomic E-state index is 11.9. The van der Waals surface area contributed by atoms with Crippen LogP contribution in [0.3, 0.4) is 0 Å². The predicted octanol–water partition coefficient (Wildman–Crippen LogP) is 3.17. The molecule has 0 fully saturated rings. The first kappa shape index (κ1) is 17.4. The fourth-order valence-corrected chi connectivity index (χ4v) is 1.87. The molecule has 0 heterocycles. The molecule has 124 valence electrons. The van der Waals surface area contributed by atoms with Gasteiger partial charge in [-0.05, 0) is 38.1 Å². The molecular weight excluding hydrogens is 308 g/mol. The van der Waals surface area contributed by atoms with E-state index in [2.05, 4.69) is 0 Å². The van der Waals surface area contributed by atoms with Crippen LogP contribution in [0.2, 0.25) is 0 Å². The Bertz CT molecular complexity index is 719. The summed E-state index contributed by atoms with van der Waals surface area (Å²) in [6.45, 7) is 3.29. The fourth-order valence-electron chi connectivity index (χ4n) is 1.87. The summed E-state index contributed by atoms with van der Waals surface area (Å²) < 4.78 is 9.87. The molecule has 0 amide bonds. The van der Waals surface area contributed by atoms with Gasteiger partial charge in [0.1, 0.15) is 6.61 Å². The Morgan fingerprint density at radius 3 is 2.08 bits per heavy atom. The fraction of sp³-hybridized carbons (Fsp3) is 0.211. The van der Waals surface area contributed by atoms with Crippen LogP contribution in [0.15, 0.2) is 54.6 Å². The minimum atomic E-state index is -0.743. The lowest BCUT2D eigenvalue weighted by atomic mass is 10.1. The lowest BCUT2D eigenvalue weighted by molar-refractivity contribution is -0.143. The van der Waals surface area contributed by atoms with E-state index in [-0.39, 0.29) is 12.2 Å². The maximum atomic E-state index is 11.9. The highest BCUT2D eigenvalue weighted by Crippen LogP contribution is 2.09. The zero-order chi connectivity index (χ0) is 17.5. The summed E-state index contributed by atoms with van der Waals surface area (Å²) in [4.78, 5) is 35.6. The molecule has 0 aliphatic rings. The molecule has 24 heavy (non-hydrogen) atoms. The second-order valence-corrected chi connectivity index (χ2v) is 5.44. The summed E-state index contributed by atoms with van der Waals surface area (Å²) >= 11 is 0. The van der Waals surface area contributed by atoms with Gasteiger partial charge in [-0.15, -0.1) is 0 Å². The second-order valence-electron chi connectivity index (χ2n) is 5.44. The Hall–Kier alpha value is -2.95. The Labute approximate surface area is 140 Å². The molecule has 0 spiro atoms. The molecule has 0 aromatic heterocycles. The molecule has 1 unspecified atom stereocenters. The average Bonchev–Trinajstić information content (AvgIpc) is 2.60. The van der Waals surface area contributed by atoms with Crippen molar-refractivity contribution < 1.29 is 23.9 Å². The first-order chi connectivity index (χ1) is 11.5. The van der Waals surface area contributed by atoms with Crippen LogP contribution < -0.4 is 0 Å². The van der Waals surface area contributed by atoms with Gasteiger partial charge < -0.3 is 9.47 Å². The van der Waals surface area contributed by atoms with Gasteiger partial charge >= 0.3 is 17.9 Å². The van der Waals surface area contributed by atoms with E-state index in [1.165, 1.54) is 6.92 Å². The molecule has 2 aromatic carbocycles. The van der Waals surface area contributed by atoms with Gasteiger partial charge in [-0.1, -0.05) is 35.9 Å². The van der Waals surface area contributed by atoms with Crippen LogP contribution in [0.4, 0.5) is 0 Å². The molecule has 0 radical (unpaired) electrons. The van der Waals surface area contributed by atoms with Gasteiger partial charge in [0.15, 0.2) is 0 Å². The molecule has 0 bridgehead atoms. The number of hydrogen-bond donors (Lipinski definition) is 0. The van der Waals surface area contributed by atoms with Gasteiger partial charge in [0.2, 0.25) is 0 Å². The van der Waals surface area contributed by atoms with E-state index in [9.17, 15) is 14.4 Å². The van der Waals surface area contributed by atoms with Crippen LogP contribution in [-0.2, 0) is 14.3 Å². The summed E-state index contributed by atoms with van der Waals surface area (Å²) in [6, 6.07) is 15.1. The van der Waals surface area contributed by atoms with E-state index >= 15 is 0 Å². The van der Waals surface area contributed by atoms with Crippen molar-refractivity contribution in [2.24, 2.45) is 5.92 Å². The van der Waals surface area contributed by atoms with E-state index in [0.717, 1.165) is 5.56 Å². The highest BCUT2D eigenvalue weighted by atomic mass is 16.6. The minimum absolute atomic E-state index is 0.159. The zero-order valence-electron chi connectivity index (χ0n) is 13.5. The van der Waals surface area contributed by atoms with Crippen molar-refractivity contribution in [3.8, 4) is 0 Å². The molecule has 0 saturated heterocycles. The van der Waals surface area contributed by atoms with Crippen molar-refractivity contribution in [1.82, 2.24) is 0 Å². The zero-order valence-corrected chi connectivity index (χ0v) is 13.5. The van der Waals surface area contributed by atoms with E-state index in [0.29, 0.717) is 5.56 Å². The van der Waals surface area contributed by atoms with E-state index < -0.39 is 23.8 Å². The maximum Gasteiger partial charge on any atom is 0.345 e. The van der Waals surface area contributed by atoms with Gasteiger partial charge in [0.25, 0.3) is 0 Å². The van der Waals surface area contributed by atoms with Gasteiger partial charge in [-0.25, -0.2) is 9.59 Å². The highest BCUT2D eigenvalue weighted by molar-refractivity contribution is 5.97. The minimum Gasteiger partial charge on any atom is -0.461 e. The van der Waals surface area contributed by atoms with E-state index in [4.69, 9.17) is 9.47 Å². The number of rotatable bonds is 5. The number of carbonyl (C=O) groups excluding carboxylic acids is 3. The third-order valence-electron chi connectivity index (χ3n) is 3.36. The summed E-state index contributed by atoms with van der Waals surface area (Å²) in [5.41, 5.74) is 1.72. The number of aryl methyl sites for hydroxylation is 1. The molecular formula is C19H18O5. The topological polar surface area (TPSA) is 69.7 Å². The van der Waals surface area contributed by atoms with Gasteiger partial charge in [-0.3, -0.25) is 4.79 Å². The van der Waals surface area contributed by atoms with Crippen molar-refractivity contribution in [2.45, 2.75) is 13.8 Å². The van der Waals surface area contributed by atoms with Crippen LogP contribution >= 0.6 is 0 Å². The molecule has 1 atom stereocenters. The molecule has 0 N–H and O–H groups in total. The van der Waals surface area contributed by atoms with Crippen molar-refractivity contribution in [3.63, 3.8) is 0 Å². The van der Waals surface area contributed by atoms with Crippen LogP contribution in [0.1, 0.15) is 33.2 Å². The normalized spacial score (nSPS) is 11.4. The van der Waals surface area contributed by atoms with Gasteiger partial charge in [0.05, 0.1) is 17.0 Å². The molecule has 2 rings (SSSR count). The van der Waals surface area contributed by atoms with Crippen LogP contribution in [0.25, 0.3) is 0 Å². The first-order valence-electron chi connectivity index (χ1n) is 7.52. The molecule has 5 heteroatoms. The van der Waals surface area contributed by atoms with E-state index in [1.54, 1.807) is 54.6 Å². The molecule has 0 saturated carbocycles. The second kappa shape index (κ2) is 8.06. The smallest absolute Gasteiger partial charge is 0.345 e. The van der Waals surface area contributed by atoms with Crippen molar-refractivity contribution in [1.29, 1.82) is 0 Å². The monoisotopic (exact) mass is 326 g/mol. The van der Waals surface area contributed by atoms with Gasteiger partial charge in [0, 0.05) is 0 Å². The van der Waals surface area contributed by atoms with Crippen LogP contribution in [0.5, 0.6) is 0 Å². The predicted molar refractivity (Wildman–Crippen MR) is 87.5 cm³/mol. The van der Waals surface area contributed by atoms with Crippen molar-refractivity contribution in [2.75, 3.05) is 6.61 Å². The third kappa shape index (κ3) is 4.78. The molecule has 0 aliphatic heterocycles. The number of esters is 3. The molecule has 0 aliphatic carbocycles. The third-order valence-corrected chi connectivity index (χ3v) is 3.36. The number of ether oxygens (including phenoxy) is 2. The lowest BCUT2D eigenvalue weighted by Crippen LogP contribution is -2.24. The largest absolute Gasteiger partial charge is 0.461 e. The highest BCUT2D eigenvalue weighted by Gasteiger charge is 2.21. The van der Waals surface area contributed by atoms with Crippen LogP contribution in [0, 0.1) is 12.8 Å². The SMILES string of the molecule is Cc1ccc(C(=O)OCC(C)C(=O)OC(=O)c2ccccc2)cc1. The number of hydrogen-bond acceptors (Lipinski definition) is 5. The lowest BCUT2D eigenvalue weighted by Gasteiger charge is -2.11. The quantitative estimate of drug-likeness (QED) is 0.623. The molecule has 5 nitrogen and oxygen atoms in total. The molecule has 2 aromatic rings. The first-order valence-corrected chi connectivity index (χ1v) is 7.52. The number of carbonyl (C=O) groups is 3. The summed E-state index contributed by atoms with van der Waals surface area (Å²) in [6.07, 6.45) is 0. The van der Waals surface area contributed by atoms with Crippen LogP contribution in [-0.4, -0.2) is 24.5 Å².